The molecular weight excluding hydrogens is 471 g/mol. The first kappa shape index (κ1) is 25.1. The summed E-state index contributed by atoms with van der Waals surface area (Å²) in [7, 11) is 1.63. The zero-order chi connectivity index (χ0) is 25.8. The van der Waals surface area contributed by atoms with Gasteiger partial charge in [0, 0.05) is 29.6 Å². The van der Waals surface area contributed by atoms with Crippen molar-refractivity contribution in [1.29, 1.82) is 0 Å². The van der Waals surface area contributed by atoms with Crippen molar-refractivity contribution >= 4 is 10.9 Å². The Bertz CT molecular complexity index is 1390. The number of fused-ring (bicyclic) bond motifs is 1. The van der Waals surface area contributed by atoms with E-state index >= 15 is 0 Å². The van der Waals surface area contributed by atoms with Gasteiger partial charge in [-0.1, -0.05) is 38.3 Å². The largest absolute Gasteiger partial charge is 0.497 e. The van der Waals surface area contributed by atoms with E-state index in [2.05, 4.69) is 32.3 Å². The molecule has 1 N–H and O–H groups in total. The highest BCUT2D eigenvalue weighted by atomic mass is 19.1. The van der Waals surface area contributed by atoms with Crippen molar-refractivity contribution in [2.45, 2.75) is 70.6 Å². The number of halogens is 1. The highest BCUT2D eigenvalue weighted by Gasteiger charge is 2.29. The topological polar surface area (TPSA) is 88.9 Å². The fourth-order valence-corrected chi connectivity index (χ4v) is 5.40. The number of methoxy groups -OCH3 is 1. The maximum atomic E-state index is 13.6. The molecule has 1 saturated carbocycles. The third-order valence-corrected chi connectivity index (χ3v) is 7.37. The predicted molar refractivity (Wildman–Crippen MR) is 140 cm³/mol. The number of benzene rings is 2. The summed E-state index contributed by atoms with van der Waals surface area (Å²) in [4.78, 5) is 18.3. The van der Waals surface area contributed by atoms with Crippen LogP contribution in [0.15, 0.2) is 53.3 Å². The van der Waals surface area contributed by atoms with Crippen molar-refractivity contribution in [2.75, 3.05) is 7.11 Å². The zero-order valence-electron chi connectivity index (χ0n) is 21.4. The lowest BCUT2D eigenvalue weighted by Crippen LogP contribution is -2.33. The Kier molecular flexibility index (Phi) is 7.60. The lowest BCUT2D eigenvalue weighted by molar-refractivity contribution is 0.155. The lowest BCUT2D eigenvalue weighted by Gasteiger charge is -2.32. The molecule has 1 aliphatic carbocycles. The fraction of sp³-hybridized carbons (Fsp3) is 0.429. The summed E-state index contributed by atoms with van der Waals surface area (Å²) in [6.45, 7) is 3.01. The molecule has 0 saturated heterocycles. The number of hydrogen-bond acceptors (Lipinski definition) is 6. The number of pyridine rings is 1. The summed E-state index contributed by atoms with van der Waals surface area (Å²) in [5, 5.41) is 13.8. The van der Waals surface area contributed by atoms with Crippen LogP contribution in [0.2, 0.25) is 0 Å². The van der Waals surface area contributed by atoms with Gasteiger partial charge in [-0.2, -0.15) is 0 Å². The molecule has 0 aliphatic heterocycles. The van der Waals surface area contributed by atoms with Gasteiger partial charge in [0.2, 0.25) is 0 Å². The number of hydrogen-bond donors (Lipinski definition) is 1. The summed E-state index contributed by atoms with van der Waals surface area (Å²) in [6, 6.07) is 14.2. The van der Waals surface area contributed by atoms with Crippen molar-refractivity contribution in [3.8, 4) is 5.75 Å². The number of H-pyrrole nitrogens is 1. The molecule has 8 nitrogen and oxygen atoms in total. The van der Waals surface area contributed by atoms with Crippen LogP contribution in [0.4, 0.5) is 4.39 Å². The van der Waals surface area contributed by atoms with Gasteiger partial charge in [-0.05, 0) is 71.7 Å². The summed E-state index contributed by atoms with van der Waals surface area (Å²) in [5.41, 5.74) is 2.21. The molecule has 2 aromatic carbocycles. The number of tetrazole rings is 1. The molecule has 2 aromatic heterocycles. The van der Waals surface area contributed by atoms with Crippen LogP contribution in [-0.4, -0.2) is 37.2 Å². The van der Waals surface area contributed by atoms with Crippen molar-refractivity contribution in [2.24, 2.45) is 0 Å². The van der Waals surface area contributed by atoms with Gasteiger partial charge < -0.3 is 9.72 Å². The summed E-state index contributed by atoms with van der Waals surface area (Å²) in [6.07, 6.45) is 6.49. The molecular formula is C28H33FN6O2. The Hall–Kier alpha value is -3.59. The first-order valence-electron chi connectivity index (χ1n) is 13.0. The van der Waals surface area contributed by atoms with E-state index in [1.807, 2.05) is 28.9 Å². The van der Waals surface area contributed by atoms with Gasteiger partial charge in [0.15, 0.2) is 5.82 Å². The maximum Gasteiger partial charge on any atom is 0.252 e. The van der Waals surface area contributed by atoms with Crippen LogP contribution in [0.25, 0.3) is 10.9 Å². The molecule has 37 heavy (non-hydrogen) atoms. The quantitative estimate of drug-likeness (QED) is 0.332. The smallest absolute Gasteiger partial charge is 0.252 e. The van der Waals surface area contributed by atoms with E-state index in [4.69, 9.17) is 4.74 Å². The molecule has 0 bridgehead atoms. The summed E-state index contributed by atoms with van der Waals surface area (Å²) in [5.74, 6) is 1.27. The van der Waals surface area contributed by atoms with E-state index in [1.165, 1.54) is 31.4 Å². The number of rotatable bonds is 9. The zero-order valence-corrected chi connectivity index (χ0v) is 21.4. The fourth-order valence-electron chi connectivity index (χ4n) is 5.40. The minimum absolute atomic E-state index is 0.123. The molecule has 1 atom stereocenters. The average Bonchev–Trinajstić information content (AvgIpc) is 3.40. The second-order valence-electron chi connectivity index (χ2n) is 9.81. The van der Waals surface area contributed by atoms with Gasteiger partial charge in [0.05, 0.1) is 19.2 Å². The van der Waals surface area contributed by atoms with E-state index in [0.29, 0.717) is 18.7 Å². The monoisotopic (exact) mass is 504 g/mol. The second-order valence-corrected chi connectivity index (χ2v) is 9.81. The van der Waals surface area contributed by atoms with Crippen LogP contribution in [0.1, 0.15) is 74.5 Å². The van der Waals surface area contributed by atoms with Crippen LogP contribution < -0.4 is 10.3 Å². The molecule has 0 amide bonds. The maximum absolute atomic E-state index is 13.6. The third kappa shape index (κ3) is 5.56. The third-order valence-electron chi connectivity index (χ3n) is 7.37. The SMILES string of the molecule is CCC(c1nnnn1C1CCCCC1)N(Cc1ccc(F)cc1)Cc1cc2cc(OC)ccc2[nH]c1=O. The number of ether oxygens (including phenoxy) is 1. The van der Waals surface area contributed by atoms with E-state index in [-0.39, 0.29) is 23.5 Å². The Labute approximate surface area is 215 Å². The van der Waals surface area contributed by atoms with Gasteiger partial charge in [0.1, 0.15) is 11.6 Å². The molecule has 1 unspecified atom stereocenters. The van der Waals surface area contributed by atoms with Crippen molar-refractivity contribution in [1.82, 2.24) is 30.1 Å². The molecule has 0 radical (unpaired) electrons. The van der Waals surface area contributed by atoms with Crippen LogP contribution in [0, 0.1) is 5.82 Å². The van der Waals surface area contributed by atoms with Crippen molar-refractivity contribution in [3.63, 3.8) is 0 Å². The minimum Gasteiger partial charge on any atom is -0.497 e. The van der Waals surface area contributed by atoms with Crippen LogP contribution in [-0.2, 0) is 13.1 Å². The molecule has 0 spiro atoms. The number of nitrogens with one attached hydrogen (secondary N) is 1. The van der Waals surface area contributed by atoms with Crippen LogP contribution in [0.5, 0.6) is 5.75 Å². The van der Waals surface area contributed by atoms with Crippen molar-refractivity contribution in [3.05, 3.63) is 81.7 Å². The van der Waals surface area contributed by atoms with E-state index in [0.717, 1.165) is 47.3 Å². The first-order valence-corrected chi connectivity index (χ1v) is 13.0. The van der Waals surface area contributed by atoms with E-state index in [9.17, 15) is 9.18 Å². The Morgan fingerprint density at radius 1 is 1.11 bits per heavy atom. The summed E-state index contributed by atoms with van der Waals surface area (Å²) >= 11 is 0. The molecule has 194 valence electrons. The van der Waals surface area contributed by atoms with E-state index < -0.39 is 0 Å². The number of nitrogens with zero attached hydrogens (tertiary/aromatic N) is 5. The van der Waals surface area contributed by atoms with Gasteiger partial charge in [0.25, 0.3) is 5.56 Å². The van der Waals surface area contributed by atoms with Gasteiger partial charge in [-0.15, -0.1) is 5.10 Å². The van der Waals surface area contributed by atoms with Crippen LogP contribution >= 0.6 is 0 Å². The molecule has 1 aliphatic rings. The van der Waals surface area contributed by atoms with Gasteiger partial charge in [-0.25, -0.2) is 9.07 Å². The average molecular weight is 505 g/mol. The van der Waals surface area contributed by atoms with Crippen molar-refractivity contribution < 1.29 is 9.13 Å². The summed E-state index contributed by atoms with van der Waals surface area (Å²) < 4.78 is 21.0. The number of aromatic amines is 1. The standard InChI is InChI=1S/C28H33FN6O2/c1-3-26(27-31-32-33-35(27)23-7-5-4-6-8-23)34(17-19-9-11-22(29)12-10-19)18-21-15-20-16-24(37-2)13-14-25(20)30-28(21)36/h9-16,23,26H,3-8,17-18H2,1-2H3,(H,30,36). The predicted octanol–water partition coefficient (Wildman–Crippen LogP) is 5.32. The molecule has 1 fully saturated rings. The first-order chi connectivity index (χ1) is 18.1. The molecule has 4 aromatic rings. The lowest BCUT2D eigenvalue weighted by atomic mass is 9.95. The normalized spacial score (nSPS) is 15.4. The second kappa shape index (κ2) is 11.2. The molecule has 2 heterocycles. The molecule has 9 heteroatoms. The van der Waals surface area contributed by atoms with Gasteiger partial charge in [-0.3, -0.25) is 9.69 Å². The highest BCUT2D eigenvalue weighted by molar-refractivity contribution is 5.80. The Morgan fingerprint density at radius 2 is 1.89 bits per heavy atom. The minimum atomic E-state index is -0.275. The van der Waals surface area contributed by atoms with Crippen LogP contribution in [0.3, 0.4) is 0 Å². The Balaban J connectivity index is 1.52. The van der Waals surface area contributed by atoms with E-state index in [1.54, 1.807) is 19.2 Å². The number of aromatic nitrogens is 5. The Morgan fingerprint density at radius 3 is 2.62 bits per heavy atom. The van der Waals surface area contributed by atoms with Gasteiger partial charge >= 0.3 is 0 Å². The highest BCUT2D eigenvalue weighted by Crippen LogP contribution is 2.33. The molecule has 5 rings (SSSR count).